The van der Waals surface area contributed by atoms with Gasteiger partial charge in [-0.05, 0) is 112 Å². The molecule has 1 atom stereocenters. The molecule has 1 unspecified atom stereocenters. The molecule has 0 amide bonds. The van der Waals surface area contributed by atoms with Gasteiger partial charge >= 0.3 is 0 Å². The number of nitriles is 1. The highest BCUT2D eigenvalue weighted by molar-refractivity contribution is 9.11. The molecule has 58 heavy (non-hydrogen) atoms. The van der Waals surface area contributed by atoms with Crippen molar-refractivity contribution in [2.24, 2.45) is 11.8 Å². The lowest BCUT2D eigenvalue weighted by Gasteiger charge is -2.31. The van der Waals surface area contributed by atoms with Gasteiger partial charge in [-0.15, -0.1) is 19.4 Å². The number of hydrogen-bond acceptors (Lipinski definition) is 11. The first-order valence-corrected chi connectivity index (χ1v) is 21.0. The molecule has 3 aliphatic rings. The van der Waals surface area contributed by atoms with Gasteiger partial charge in [-0.2, -0.15) is 5.26 Å². The van der Waals surface area contributed by atoms with Gasteiger partial charge in [-0.3, -0.25) is 9.69 Å². The topological polar surface area (TPSA) is 150 Å². The number of benzene rings is 2. The van der Waals surface area contributed by atoms with Crippen molar-refractivity contribution in [2.75, 3.05) is 19.3 Å². The van der Waals surface area contributed by atoms with Gasteiger partial charge in [0.2, 0.25) is 11.8 Å². The number of aldehydes is 1. The molecular weight excluding hydrogens is 896 g/mol. The number of ether oxygens (including phenoxy) is 2. The largest absolute Gasteiger partial charge is 0.437 e. The highest BCUT2D eigenvalue weighted by Crippen LogP contribution is 2.39. The SMILES string of the molecule is FC1(F)CCN(Cc2cccnc2Oc2ccc3c(nnn3CC3CC3)c2Br)CC1.N#CCP.O=Cc1cccnc1Oc1ccc2c(nnn2CC2CC2)c1Br.[B]. The van der Waals surface area contributed by atoms with Gasteiger partial charge in [0.15, 0.2) is 6.29 Å². The van der Waals surface area contributed by atoms with Gasteiger partial charge in [0.1, 0.15) is 22.5 Å². The third-order valence-electron chi connectivity index (χ3n) is 9.70. The maximum absolute atomic E-state index is 13.4. The van der Waals surface area contributed by atoms with E-state index in [0.29, 0.717) is 59.1 Å². The first-order valence-electron chi connectivity index (χ1n) is 18.6. The molecule has 19 heteroatoms. The Bertz CT molecular complexity index is 2400. The molecule has 13 nitrogen and oxygen atoms in total. The molecule has 2 aliphatic carbocycles. The van der Waals surface area contributed by atoms with Gasteiger partial charge in [0, 0.05) is 78.1 Å². The Kier molecular flexibility index (Phi) is 14.5. The smallest absolute Gasteiger partial charge is 0.250 e. The van der Waals surface area contributed by atoms with Crippen LogP contribution in [0, 0.1) is 23.2 Å². The minimum Gasteiger partial charge on any atom is -0.437 e. The molecule has 0 N–H and O–H groups in total. The lowest BCUT2D eigenvalue weighted by molar-refractivity contribution is -0.0567. The number of piperidine rings is 1. The third-order valence-corrected chi connectivity index (χ3v) is 11.4. The van der Waals surface area contributed by atoms with Crippen molar-refractivity contribution in [2.45, 2.75) is 64.1 Å². The van der Waals surface area contributed by atoms with E-state index in [-0.39, 0.29) is 27.1 Å². The molecule has 3 radical (unpaired) electrons. The number of likely N-dealkylation sites (tertiary alicyclic amines) is 1. The summed E-state index contributed by atoms with van der Waals surface area (Å²) in [7, 11) is 2.29. The fourth-order valence-corrected chi connectivity index (χ4v) is 7.18. The number of carbonyl (C=O) groups is 1. The Morgan fingerprint density at radius 3 is 1.83 bits per heavy atom. The normalized spacial score (nSPS) is 15.9. The van der Waals surface area contributed by atoms with E-state index < -0.39 is 5.92 Å². The van der Waals surface area contributed by atoms with Crippen molar-refractivity contribution in [1.29, 1.82) is 5.26 Å². The van der Waals surface area contributed by atoms with Gasteiger partial charge < -0.3 is 9.47 Å². The standard InChI is InChI=1S/C21H22BrF2N5O.C16H13BrN4O2.C2H4NP.B/c22-18-17(6-5-16-19(18)26-27-29(16)12-14-3-4-14)30-20-15(2-1-9-25-20)13-28-10-7-21(23,24)8-11-28;17-14-13(23-16-11(9-22)2-1-7-18-16)6-5-12-15(14)19-20-21(12)8-10-3-4-10;3-1-2-4;/h1-2,5-6,9,14H,3-4,7-8,10-13H2;1-2,5-7,9-10H,3-4,8H2;2,4H2;. The predicted molar refractivity (Wildman–Crippen MR) is 225 cm³/mol. The second-order valence-electron chi connectivity index (χ2n) is 14.1. The van der Waals surface area contributed by atoms with Gasteiger partial charge in [0.25, 0.3) is 5.92 Å². The van der Waals surface area contributed by atoms with Crippen molar-refractivity contribution in [1.82, 2.24) is 44.9 Å². The molecule has 3 fully saturated rings. The molecular formula is C39H39BBr2F2N10O3P. The minimum atomic E-state index is -2.55. The van der Waals surface area contributed by atoms with Crippen LogP contribution < -0.4 is 9.47 Å². The van der Waals surface area contributed by atoms with Crippen LogP contribution in [0.5, 0.6) is 23.3 Å². The molecule has 1 aliphatic heterocycles. The van der Waals surface area contributed by atoms with Crippen LogP contribution in [0.25, 0.3) is 22.1 Å². The maximum Gasteiger partial charge on any atom is 0.250 e. The zero-order chi connectivity index (χ0) is 39.9. The molecule has 0 bridgehead atoms. The van der Waals surface area contributed by atoms with E-state index in [1.165, 1.54) is 25.7 Å². The van der Waals surface area contributed by atoms with E-state index >= 15 is 0 Å². The first kappa shape index (κ1) is 43.2. The van der Waals surface area contributed by atoms with Crippen LogP contribution in [0.4, 0.5) is 8.78 Å². The molecule has 2 saturated carbocycles. The first-order chi connectivity index (χ1) is 27.7. The number of rotatable bonds is 11. The monoisotopic (exact) mass is 933 g/mol. The van der Waals surface area contributed by atoms with Gasteiger partial charge in [0.05, 0.1) is 31.6 Å². The third kappa shape index (κ3) is 10.8. The molecule has 4 aromatic heterocycles. The number of fused-ring (bicyclic) bond motifs is 2. The van der Waals surface area contributed by atoms with Crippen LogP contribution in [0.3, 0.4) is 0 Å². The number of halogens is 4. The summed E-state index contributed by atoms with van der Waals surface area (Å²) in [6.45, 7) is 3.04. The highest BCUT2D eigenvalue weighted by Gasteiger charge is 2.34. The Hall–Kier alpha value is -4.43. The summed E-state index contributed by atoms with van der Waals surface area (Å²) in [6, 6.07) is 16.6. The van der Waals surface area contributed by atoms with Gasteiger partial charge in [-0.1, -0.05) is 16.5 Å². The summed E-state index contributed by atoms with van der Waals surface area (Å²) >= 11 is 7.13. The van der Waals surface area contributed by atoms with E-state index in [1.807, 2.05) is 56.7 Å². The fraction of sp³-hybridized carbons (Fsp3) is 0.385. The van der Waals surface area contributed by atoms with Crippen LogP contribution in [-0.2, 0) is 19.6 Å². The second kappa shape index (κ2) is 19.6. The Morgan fingerprint density at radius 2 is 1.33 bits per heavy atom. The molecule has 5 heterocycles. The molecule has 1 saturated heterocycles. The number of nitrogens with zero attached hydrogens (tertiary/aromatic N) is 10. The van der Waals surface area contributed by atoms with E-state index in [9.17, 15) is 13.6 Å². The summed E-state index contributed by atoms with van der Waals surface area (Å²) in [5.41, 5.74) is 4.70. The summed E-state index contributed by atoms with van der Waals surface area (Å²) in [5, 5.41) is 24.7. The predicted octanol–water partition coefficient (Wildman–Crippen LogP) is 8.63. The van der Waals surface area contributed by atoms with Crippen molar-refractivity contribution in [3.8, 4) is 29.3 Å². The Labute approximate surface area is 354 Å². The second-order valence-corrected chi connectivity index (χ2v) is 16.1. The number of hydrogen-bond donors (Lipinski definition) is 0. The van der Waals surface area contributed by atoms with Crippen molar-refractivity contribution in [3.05, 3.63) is 81.0 Å². The van der Waals surface area contributed by atoms with Crippen LogP contribution in [0.1, 0.15) is 54.4 Å². The molecule has 0 spiro atoms. The van der Waals surface area contributed by atoms with E-state index in [1.54, 1.807) is 24.5 Å². The van der Waals surface area contributed by atoms with E-state index in [4.69, 9.17) is 14.7 Å². The number of carbonyl (C=O) groups excluding carboxylic acids is 1. The minimum absolute atomic E-state index is 0. The van der Waals surface area contributed by atoms with Crippen LogP contribution in [-0.4, -0.2) is 84.7 Å². The van der Waals surface area contributed by atoms with Crippen LogP contribution >= 0.6 is 41.1 Å². The fourth-order valence-electron chi connectivity index (χ4n) is 6.19. The highest BCUT2D eigenvalue weighted by atomic mass is 79.9. The molecule has 9 rings (SSSR count). The summed E-state index contributed by atoms with van der Waals surface area (Å²) in [4.78, 5) is 21.6. The zero-order valence-electron chi connectivity index (χ0n) is 31.4. The van der Waals surface area contributed by atoms with Gasteiger partial charge in [-0.25, -0.2) is 28.1 Å². The lowest BCUT2D eigenvalue weighted by atomic mass is 10.1. The molecule has 2 aromatic carbocycles. The summed E-state index contributed by atoms with van der Waals surface area (Å²) in [6.07, 6.45) is 9.32. The summed E-state index contributed by atoms with van der Waals surface area (Å²) < 4.78 is 44.1. The lowest BCUT2D eigenvalue weighted by Crippen LogP contribution is -2.38. The van der Waals surface area contributed by atoms with Crippen molar-refractivity contribution >= 4 is 77.9 Å². The maximum atomic E-state index is 13.4. The average Bonchev–Trinajstić information content (AvgIpc) is 4.14. The van der Waals surface area contributed by atoms with Crippen molar-refractivity contribution in [3.63, 3.8) is 0 Å². The number of pyridine rings is 2. The quantitative estimate of drug-likeness (QED) is 0.0698. The van der Waals surface area contributed by atoms with Crippen molar-refractivity contribution < 1.29 is 23.0 Å². The number of alkyl halides is 2. The van der Waals surface area contributed by atoms with E-state index in [0.717, 1.165) is 57.4 Å². The Balaban J connectivity index is 0.000000181. The molecule has 299 valence electrons. The zero-order valence-corrected chi connectivity index (χ0v) is 35.7. The summed E-state index contributed by atoms with van der Waals surface area (Å²) in [5.74, 6) is 0.771. The van der Waals surface area contributed by atoms with Crippen LogP contribution in [0.15, 0.2) is 69.9 Å². The van der Waals surface area contributed by atoms with Crippen LogP contribution in [0.2, 0.25) is 0 Å². The average molecular weight is 935 g/mol. The van der Waals surface area contributed by atoms with E-state index in [2.05, 4.69) is 71.7 Å². The number of aromatic nitrogens is 8. The molecule has 6 aromatic rings. The Morgan fingerprint density at radius 1 is 0.828 bits per heavy atom.